The second-order valence-corrected chi connectivity index (χ2v) is 6.21. The van der Waals surface area contributed by atoms with Crippen LogP contribution >= 0.6 is 12.2 Å². The fourth-order valence-electron chi connectivity index (χ4n) is 2.48. The summed E-state index contributed by atoms with van der Waals surface area (Å²) in [7, 11) is 0. The average molecular weight is 323 g/mol. The molecule has 0 saturated heterocycles. The van der Waals surface area contributed by atoms with Gasteiger partial charge in [-0.2, -0.15) is 0 Å². The zero-order valence-corrected chi connectivity index (χ0v) is 14.7. The fourth-order valence-corrected chi connectivity index (χ4v) is 2.73. The molecule has 0 atom stereocenters. The summed E-state index contributed by atoms with van der Waals surface area (Å²) < 4.78 is 5.55. The van der Waals surface area contributed by atoms with E-state index in [-0.39, 0.29) is 5.75 Å². The molecule has 0 aliphatic heterocycles. The lowest BCUT2D eigenvalue weighted by Gasteiger charge is -2.08. The number of thiocarbonyl (C=S) groups is 1. The number of rotatable bonds is 12. The van der Waals surface area contributed by atoms with Gasteiger partial charge in [0.1, 0.15) is 5.75 Å². The minimum atomic E-state index is 0.190. The summed E-state index contributed by atoms with van der Waals surface area (Å²) in [4.78, 5) is 0. The van der Waals surface area contributed by atoms with Gasteiger partial charge < -0.3 is 9.84 Å². The Kier molecular flexibility index (Phi) is 10.7. The molecule has 0 heterocycles. The number of unbranched alkanes of at least 4 members (excludes halogenated alkanes) is 9. The van der Waals surface area contributed by atoms with E-state index in [9.17, 15) is 5.11 Å². The second-order valence-electron chi connectivity index (χ2n) is 5.84. The number of hydrogen-bond donors (Lipinski definition) is 1. The molecular formula is C19H30O2S. The van der Waals surface area contributed by atoms with E-state index in [0.717, 1.165) is 6.42 Å². The molecule has 0 aromatic heterocycles. The van der Waals surface area contributed by atoms with Crippen molar-refractivity contribution >= 4 is 17.3 Å². The van der Waals surface area contributed by atoms with Gasteiger partial charge in [-0.1, -0.05) is 76.8 Å². The van der Waals surface area contributed by atoms with Crippen molar-refractivity contribution in [3.8, 4) is 5.75 Å². The Hall–Kier alpha value is -1.09. The second kappa shape index (κ2) is 12.5. The summed E-state index contributed by atoms with van der Waals surface area (Å²) in [5, 5.41) is 10.1. The van der Waals surface area contributed by atoms with E-state index in [2.05, 4.69) is 6.92 Å². The smallest absolute Gasteiger partial charge is 0.194 e. The number of hydrogen-bond acceptors (Lipinski definition) is 3. The van der Waals surface area contributed by atoms with Gasteiger partial charge in [-0.15, -0.1) is 0 Å². The molecule has 1 aromatic rings. The molecule has 1 N–H and O–H groups in total. The number of para-hydroxylation sites is 1. The molecule has 0 aliphatic rings. The molecule has 3 heteroatoms. The fraction of sp³-hybridized carbons (Fsp3) is 0.632. The average Bonchev–Trinajstić information content (AvgIpc) is 2.53. The monoisotopic (exact) mass is 322 g/mol. The molecule has 0 bridgehead atoms. The minimum Gasteiger partial charge on any atom is -0.507 e. The molecule has 124 valence electrons. The molecule has 2 nitrogen and oxygen atoms in total. The van der Waals surface area contributed by atoms with Crippen molar-refractivity contribution in [3.05, 3.63) is 29.8 Å². The van der Waals surface area contributed by atoms with Gasteiger partial charge in [0.15, 0.2) is 5.05 Å². The van der Waals surface area contributed by atoms with Gasteiger partial charge in [0, 0.05) is 0 Å². The molecule has 0 spiro atoms. The summed E-state index contributed by atoms with van der Waals surface area (Å²) in [5.41, 5.74) is 0.615. The van der Waals surface area contributed by atoms with Gasteiger partial charge in [0.2, 0.25) is 0 Å². The molecule has 22 heavy (non-hydrogen) atoms. The summed E-state index contributed by atoms with van der Waals surface area (Å²) in [6.45, 7) is 2.90. The third kappa shape index (κ3) is 8.38. The molecule has 0 radical (unpaired) electrons. The van der Waals surface area contributed by atoms with E-state index in [0.29, 0.717) is 17.2 Å². The largest absolute Gasteiger partial charge is 0.507 e. The number of aromatic hydroxyl groups is 1. The maximum atomic E-state index is 9.69. The molecule has 1 aromatic carbocycles. The van der Waals surface area contributed by atoms with Crippen molar-refractivity contribution < 1.29 is 9.84 Å². The van der Waals surface area contributed by atoms with Crippen molar-refractivity contribution in [3.63, 3.8) is 0 Å². The first-order valence-corrected chi connectivity index (χ1v) is 9.11. The van der Waals surface area contributed by atoms with Crippen LogP contribution in [0.25, 0.3) is 0 Å². The Morgan fingerprint density at radius 1 is 0.909 bits per heavy atom. The van der Waals surface area contributed by atoms with Crippen LogP contribution in [0.4, 0.5) is 0 Å². The van der Waals surface area contributed by atoms with Crippen molar-refractivity contribution in [1.29, 1.82) is 0 Å². The van der Waals surface area contributed by atoms with E-state index in [1.807, 2.05) is 6.07 Å². The molecule has 0 fully saturated rings. The normalized spacial score (nSPS) is 10.6. The summed E-state index contributed by atoms with van der Waals surface area (Å²) >= 11 is 5.20. The van der Waals surface area contributed by atoms with Crippen LogP contribution in [-0.4, -0.2) is 16.8 Å². The zero-order chi connectivity index (χ0) is 16.0. The van der Waals surface area contributed by atoms with Gasteiger partial charge in [-0.3, -0.25) is 0 Å². The Morgan fingerprint density at radius 3 is 2.05 bits per heavy atom. The number of ether oxygens (including phenoxy) is 1. The standard InChI is InChI=1S/C19H30O2S/c1-2-3-4-5-6-7-8-9-10-13-16-21-19(22)17-14-11-12-15-18(17)20/h11-12,14-15,20H,2-10,13,16H2,1H3. The van der Waals surface area contributed by atoms with E-state index in [4.69, 9.17) is 17.0 Å². The Balaban J connectivity index is 1.95. The Morgan fingerprint density at radius 2 is 1.45 bits per heavy atom. The van der Waals surface area contributed by atoms with Crippen molar-refractivity contribution in [2.45, 2.75) is 71.1 Å². The third-order valence-corrected chi connectivity index (χ3v) is 4.19. The van der Waals surface area contributed by atoms with Crippen LogP contribution < -0.4 is 0 Å². The first-order chi connectivity index (χ1) is 10.8. The van der Waals surface area contributed by atoms with Crippen molar-refractivity contribution in [2.24, 2.45) is 0 Å². The summed E-state index contributed by atoms with van der Waals surface area (Å²) in [6.07, 6.45) is 13.1. The molecular weight excluding hydrogens is 292 g/mol. The SMILES string of the molecule is CCCCCCCCCCCCOC(=S)c1ccccc1O. The van der Waals surface area contributed by atoms with E-state index >= 15 is 0 Å². The zero-order valence-electron chi connectivity index (χ0n) is 13.9. The van der Waals surface area contributed by atoms with E-state index in [1.165, 1.54) is 57.8 Å². The summed E-state index contributed by atoms with van der Waals surface area (Å²) in [5.74, 6) is 0.190. The van der Waals surface area contributed by atoms with Gasteiger partial charge in [0.25, 0.3) is 0 Å². The first kappa shape index (κ1) is 19.0. The lowest BCUT2D eigenvalue weighted by atomic mass is 10.1. The highest BCUT2D eigenvalue weighted by Gasteiger charge is 2.06. The molecule has 0 unspecified atom stereocenters. The first-order valence-electron chi connectivity index (χ1n) is 8.70. The topological polar surface area (TPSA) is 29.5 Å². The highest BCUT2D eigenvalue weighted by Crippen LogP contribution is 2.17. The van der Waals surface area contributed by atoms with Crippen LogP contribution in [0.15, 0.2) is 24.3 Å². The predicted molar refractivity (Wildman–Crippen MR) is 97.6 cm³/mol. The maximum Gasteiger partial charge on any atom is 0.194 e. The van der Waals surface area contributed by atoms with Crippen LogP contribution in [0.2, 0.25) is 0 Å². The molecule has 1 rings (SSSR count). The highest BCUT2D eigenvalue weighted by molar-refractivity contribution is 7.80. The summed E-state index contributed by atoms with van der Waals surface area (Å²) in [6, 6.07) is 7.05. The third-order valence-electron chi connectivity index (χ3n) is 3.86. The Bertz CT molecular complexity index is 418. The number of benzene rings is 1. The van der Waals surface area contributed by atoms with Crippen LogP contribution in [0.1, 0.15) is 76.7 Å². The minimum absolute atomic E-state index is 0.190. The van der Waals surface area contributed by atoms with Crippen molar-refractivity contribution in [2.75, 3.05) is 6.61 Å². The quantitative estimate of drug-likeness (QED) is 0.378. The lowest BCUT2D eigenvalue weighted by Crippen LogP contribution is -2.05. The molecule has 0 saturated carbocycles. The van der Waals surface area contributed by atoms with E-state index in [1.54, 1.807) is 18.2 Å². The van der Waals surface area contributed by atoms with Gasteiger partial charge in [-0.25, -0.2) is 0 Å². The van der Waals surface area contributed by atoms with Crippen LogP contribution in [0, 0.1) is 0 Å². The molecule has 0 aliphatic carbocycles. The van der Waals surface area contributed by atoms with Gasteiger partial charge in [-0.05, 0) is 30.8 Å². The highest BCUT2D eigenvalue weighted by atomic mass is 32.1. The van der Waals surface area contributed by atoms with Crippen LogP contribution in [-0.2, 0) is 4.74 Å². The van der Waals surface area contributed by atoms with E-state index < -0.39 is 0 Å². The number of phenols is 1. The Labute approximate surface area is 140 Å². The van der Waals surface area contributed by atoms with Gasteiger partial charge in [0.05, 0.1) is 12.2 Å². The molecule has 0 amide bonds. The van der Waals surface area contributed by atoms with Gasteiger partial charge >= 0.3 is 0 Å². The maximum absolute atomic E-state index is 9.69. The van der Waals surface area contributed by atoms with Crippen LogP contribution in [0.3, 0.4) is 0 Å². The van der Waals surface area contributed by atoms with Crippen molar-refractivity contribution in [1.82, 2.24) is 0 Å². The lowest BCUT2D eigenvalue weighted by molar-refractivity contribution is 0.299. The van der Waals surface area contributed by atoms with Crippen LogP contribution in [0.5, 0.6) is 5.75 Å². The predicted octanol–water partition coefficient (Wildman–Crippen LogP) is 6.01. The number of phenolic OH excluding ortho intramolecular Hbond substituents is 1.